The molecule has 0 fully saturated rings. The minimum atomic E-state index is -0.666. The molecule has 1 amide bonds. The van der Waals surface area contributed by atoms with Gasteiger partial charge >= 0.3 is 0 Å². The molecule has 0 aliphatic rings. The van der Waals surface area contributed by atoms with Gasteiger partial charge in [-0.1, -0.05) is 12.1 Å². The molecule has 2 heterocycles. The van der Waals surface area contributed by atoms with Crippen molar-refractivity contribution >= 4 is 5.91 Å². The number of aryl methyl sites for hydroxylation is 2. The predicted octanol–water partition coefficient (Wildman–Crippen LogP) is 2.63. The molecule has 29 heavy (non-hydrogen) atoms. The van der Waals surface area contributed by atoms with E-state index < -0.39 is 17.2 Å². The van der Waals surface area contributed by atoms with Gasteiger partial charge in [0, 0.05) is 29.1 Å². The molecule has 0 unspecified atom stereocenters. The summed E-state index contributed by atoms with van der Waals surface area (Å²) in [5.41, 5.74) is 2.00. The monoisotopic (exact) mass is 396 g/mol. The first kappa shape index (κ1) is 20.2. The van der Waals surface area contributed by atoms with Gasteiger partial charge in [-0.3, -0.25) is 14.6 Å². The van der Waals surface area contributed by atoms with Crippen molar-refractivity contribution in [1.29, 1.82) is 0 Å². The Balaban J connectivity index is 1.90. The van der Waals surface area contributed by atoms with Gasteiger partial charge < -0.3 is 10.1 Å². The van der Waals surface area contributed by atoms with Gasteiger partial charge in [0.2, 0.25) is 5.43 Å². The van der Waals surface area contributed by atoms with E-state index in [0.29, 0.717) is 17.1 Å². The van der Waals surface area contributed by atoms with Gasteiger partial charge in [0.1, 0.15) is 17.3 Å². The number of methoxy groups -OCH3 is 1. The molecule has 3 aromatic rings. The summed E-state index contributed by atoms with van der Waals surface area (Å²) in [6.45, 7) is 5.43. The highest BCUT2D eigenvalue weighted by Crippen LogP contribution is 2.23. The van der Waals surface area contributed by atoms with Crippen molar-refractivity contribution in [1.82, 2.24) is 20.1 Å². The second-order valence-electron chi connectivity index (χ2n) is 6.59. The van der Waals surface area contributed by atoms with E-state index in [1.807, 2.05) is 13.8 Å². The van der Waals surface area contributed by atoms with E-state index in [-0.39, 0.29) is 17.9 Å². The summed E-state index contributed by atoms with van der Waals surface area (Å²) in [5.74, 6) is -0.481. The first-order valence-corrected chi connectivity index (χ1v) is 8.96. The molecule has 0 bridgehead atoms. The maximum absolute atomic E-state index is 14.1. The normalized spacial score (nSPS) is 10.7. The van der Waals surface area contributed by atoms with Gasteiger partial charge in [-0.05, 0) is 32.9 Å². The van der Waals surface area contributed by atoms with E-state index in [9.17, 15) is 14.0 Å². The van der Waals surface area contributed by atoms with Crippen LogP contribution in [-0.2, 0) is 6.54 Å². The molecule has 7 nitrogen and oxygen atoms in total. The number of halogens is 1. The minimum absolute atomic E-state index is 0.0933. The summed E-state index contributed by atoms with van der Waals surface area (Å²) >= 11 is 0. The van der Waals surface area contributed by atoms with Crippen molar-refractivity contribution in [2.24, 2.45) is 0 Å². The largest absolute Gasteiger partial charge is 0.496 e. The van der Waals surface area contributed by atoms with E-state index >= 15 is 0 Å². The molecule has 1 N–H and O–H groups in total. The maximum Gasteiger partial charge on any atom is 0.276 e. The molecule has 3 rings (SSSR count). The Hall–Kier alpha value is -3.55. The zero-order chi connectivity index (χ0) is 21.1. The predicted molar refractivity (Wildman–Crippen MR) is 106 cm³/mol. The van der Waals surface area contributed by atoms with Crippen molar-refractivity contribution in [3.8, 4) is 11.4 Å². The van der Waals surface area contributed by atoms with Crippen LogP contribution >= 0.6 is 0 Å². The molecule has 0 radical (unpaired) electrons. The number of nitrogens with one attached hydrogen (secondary N) is 1. The number of nitrogens with zero attached hydrogens (tertiary/aromatic N) is 3. The van der Waals surface area contributed by atoms with Crippen molar-refractivity contribution in [3.63, 3.8) is 0 Å². The van der Waals surface area contributed by atoms with Crippen LogP contribution in [0.1, 0.15) is 33.0 Å². The van der Waals surface area contributed by atoms with Crippen molar-refractivity contribution in [2.75, 3.05) is 7.11 Å². The summed E-state index contributed by atoms with van der Waals surface area (Å²) in [6.07, 6.45) is 1.66. The molecular weight excluding hydrogens is 375 g/mol. The van der Waals surface area contributed by atoms with Gasteiger partial charge in [0.25, 0.3) is 5.91 Å². The van der Waals surface area contributed by atoms with Crippen LogP contribution in [0.5, 0.6) is 5.75 Å². The standard InChI is InChI=1S/C21H21FN4O3/c1-12-10-23-16(14(3)20(12)29-4)11-24-21(28)19-18(27)9-13(2)26(25-19)17-8-6-5-7-15(17)22/h5-10H,11H2,1-4H3,(H,24,28). The number of aromatic nitrogens is 3. The van der Waals surface area contributed by atoms with Gasteiger partial charge in [-0.25, -0.2) is 9.07 Å². The summed E-state index contributed by atoms with van der Waals surface area (Å²) < 4.78 is 20.7. The van der Waals surface area contributed by atoms with Crippen LogP contribution in [0.25, 0.3) is 5.69 Å². The highest BCUT2D eigenvalue weighted by atomic mass is 19.1. The number of rotatable bonds is 5. The van der Waals surface area contributed by atoms with Crippen LogP contribution in [0.15, 0.2) is 41.3 Å². The topological polar surface area (TPSA) is 86.1 Å². The number of para-hydroxylation sites is 1. The smallest absolute Gasteiger partial charge is 0.276 e. The van der Waals surface area contributed by atoms with E-state index in [0.717, 1.165) is 11.1 Å². The summed E-state index contributed by atoms with van der Waals surface area (Å²) in [7, 11) is 1.57. The van der Waals surface area contributed by atoms with Crippen molar-refractivity contribution < 1.29 is 13.9 Å². The summed E-state index contributed by atoms with van der Waals surface area (Å²) in [4.78, 5) is 29.2. The average Bonchev–Trinajstić information content (AvgIpc) is 2.68. The van der Waals surface area contributed by atoms with Crippen LogP contribution < -0.4 is 15.5 Å². The second kappa shape index (κ2) is 8.22. The summed E-state index contributed by atoms with van der Waals surface area (Å²) in [5, 5.41) is 6.75. The minimum Gasteiger partial charge on any atom is -0.496 e. The Morgan fingerprint density at radius 3 is 2.66 bits per heavy atom. The number of benzene rings is 1. The number of carbonyl (C=O) groups excluding carboxylic acids is 1. The Morgan fingerprint density at radius 1 is 1.24 bits per heavy atom. The molecule has 150 valence electrons. The van der Waals surface area contributed by atoms with Crippen LogP contribution in [0.4, 0.5) is 4.39 Å². The van der Waals surface area contributed by atoms with Crippen molar-refractivity contribution in [2.45, 2.75) is 27.3 Å². The molecule has 0 aliphatic heterocycles. The average molecular weight is 396 g/mol. The van der Waals surface area contributed by atoms with E-state index in [1.165, 1.54) is 22.9 Å². The molecule has 2 aromatic heterocycles. The number of hydrogen-bond acceptors (Lipinski definition) is 5. The first-order chi connectivity index (χ1) is 13.8. The van der Waals surface area contributed by atoms with Crippen LogP contribution in [0.3, 0.4) is 0 Å². The zero-order valence-electron chi connectivity index (χ0n) is 16.6. The lowest BCUT2D eigenvalue weighted by Gasteiger charge is -2.14. The third kappa shape index (κ3) is 4.01. The van der Waals surface area contributed by atoms with Gasteiger partial charge in [0.15, 0.2) is 5.69 Å². The number of amides is 1. The molecule has 0 saturated carbocycles. The third-order valence-corrected chi connectivity index (χ3v) is 4.57. The molecule has 1 aromatic carbocycles. The third-order valence-electron chi connectivity index (χ3n) is 4.57. The number of ether oxygens (including phenoxy) is 1. The van der Waals surface area contributed by atoms with Gasteiger partial charge in [-0.15, -0.1) is 0 Å². The first-order valence-electron chi connectivity index (χ1n) is 8.96. The van der Waals surface area contributed by atoms with Crippen molar-refractivity contribution in [3.05, 3.63) is 80.8 Å². The SMILES string of the molecule is COc1c(C)cnc(CNC(=O)c2nn(-c3ccccc3F)c(C)cc2=O)c1C. The maximum atomic E-state index is 14.1. The molecule has 8 heteroatoms. The van der Waals surface area contributed by atoms with Gasteiger partial charge in [0.05, 0.1) is 19.3 Å². The van der Waals surface area contributed by atoms with E-state index in [4.69, 9.17) is 4.74 Å². The lowest BCUT2D eigenvalue weighted by atomic mass is 10.1. The van der Waals surface area contributed by atoms with Gasteiger partial charge in [-0.2, -0.15) is 5.10 Å². The lowest BCUT2D eigenvalue weighted by Crippen LogP contribution is -2.32. The quantitative estimate of drug-likeness (QED) is 0.717. The number of pyridine rings is 1. The molecule has 0 saturated heterocycles. The second-order valence-corrected chi connectivity index (χ2v) is 6.59. The van der Waals surface area contributed by atoms with Crippen LogP contribution in [0.2, 0.25) is 0 Å². The summed E-state index contributed by atoms with van der Waals surface area (Å²) in [6, 6.07) is 7.26. The van der Waals surface area contributed by atoms with Crippen LogP contribution in [-0.4, -0.2) is 27.8 Å². The van der Waals surface area contributed by atoms with E-state index in [1.54, 1.807) is 32.4 Å². The fourth-order valence-corrected chi connectivity index (χ4v) is 3.07. The lowest BCUT2D eigenvalue weighted by molar-refractivity contribution is 0.0942. The molecule has 0 atom stereocenters. The highest BCUT2D eigenvalue weighted by Gasteiger charge is 2.17. The van der Waals surface area contributed by atoms with Crippen LogP contribution in [0, 0.1) is 26.6 Å². The number of hydrogen-bond donors (Lipinski definition) is 1. The fourth-order valence-electron chi connectivity index (χ4n) is 3.07. The highest BCUT2D eigenvalue weighted by molar-refractivity contribution is 5.92. The molecule has 0 aliphatic carbocycles. The zero-order valence-corrected chi connectivity index (χ0v) is 16.6. The molecular formula is C21H21FN4O3. The Morgan fingerprint density at radius 2 is 1.97 bits per heavy atom. The van der Waals surface area contributed by atoms with E-state index in [2.05, 4.69) is 15.4 Å². The molecule has 0 spiro atoms. The Labute approximate surface area is 167 Å². The number of carbonyl (C=O) groups is 1. The Kier molecular flexibility index (Phi) is 5.72. The Bertz CT molecular complexity index is 1140. The fraction of sp³-hybridized carbons (Fsp3) is 0.238.